The van der Waals surface area contributed by atoms with Crippen LogP contribution >= 0.6 is 0 Å². The smallest absolute Gasteiger partial charge is 0.140 e. The summed E-state index contributed by atoms with van der Waals surface area (Å²) in [4.78, 5) is 4.05. The van der Waals surface area contributed by atoms with Crippen molar-refractivity contribution in [2.45, 2.75) is 40.0 Å². The van der Waals surface area contributed by atoms with Crippen molar-refractivity contribution in [1.29, 1.82) is 5.26 Å². The molecule has 0 heterocycles. The summed E-state index contributed by atoms with van der Waals surface area (Å²) in [5.41, 5.74) is 1.69. The third-order valence-corrected chi connectivity index (χ3v) is 1.70. The second kappa shape index (κ2) is 8.25. The summed E-state index contributed by atoms with van der Waals surface area (Å²) in [6.07, 6.45) is 8.54. The zero-order chi connectivity index (χ0) is 10.8. The SMILES string of the molecule is CC/C=C/N=C(C#N)/C=C(\C)CCC. The van der Waals surface area contributed by atoms with Crippen molar-refractivity contribution in [3.8, 4) is 6.07 Å². The van der Waals surface area contributed by atoms with Crippen LogP contribution in [0.1, 0.15) is 40.0 Å². The highest BCUT2D eigenvalue weighted by atomic mass is 14.7. The fourth-order valence-corrected chi connectivity index (χ4v) is 1.04. The van der Waals surface area contributed by atoms with Crippen molar-refractivity contribution >= 4 is 5.71 Å². The fourth-order valence-electron chi connectivity index (χ4n) is 1.04. The lowest BCUT2D eigenvalue weighted by atomic mass is 10.1. The molecule has 2 heteroatoms. The van der Waals surface area contributed by atoms with Crippen molar-refractivity contribution < 1.29 is 0 Å². The van der Waals surface area contributed by atoms with Gasteiger partial charge in [-0.25, -0.2) is 4.99 Å². The number of rotatable bonds is 5. The first-order valence-electron chi connectivity index (χ1n) is 5.04. The molecule has 14 heavy (non-hydrogen) atoms. The minimum Gasteiger partial charge on any atom is -0.246 e. The van der Waals surface area contributed by atoms with Crippen molar-refractivity contribution in [2.24, 2.45) is 4.99 Å². The number of nitriles is 1. The Balaban J connectivity index is 4.43. The van der Waals surface area contributed by atoms with Gasteiger partial charge in [-0.3, -0.25) is 0 Å². The molecular formula is C12H18N2. The fraction of sp³-hybridized carbons (Fsp3) is 0.500. The van der Waals surface area contributed by atoms with E-state index in [0.29, 0.717) is 5.71 Å². The summed E-state index contributed by atoms with van der Waals surface area (Å²) in [6, 6.07) is 2.07. The Morgan fingerprint density at radius 2 is 2.14 bits per heavy atom. The van der Waals surface area contributed by atoms with Gasteiger partial charge in [0.1, 0.15) is 11.8 Å². The van der Waals surface area contributed by atoms with Gasteiger partial charge in [-0.05, 0) is 25.8 Å². The average molecular weight is 190 g/mol. The molecule has 0 aliphatic heterocycles. The molecule has 0 aromatic carbocycles. The molecule has 0 amide bonds. The summed E-state index contributed by atoms with van der Waals surface area (Å²) in [5.74, 6) is 0. The van der Waals surface area contributed by atoms with Crippen LogP contribution in [0.15, 0.2) is 28.9 Å². The van der Waals surface area contributed by atoms with Gasteiger partial charge in [-0.1, -0.05) is 31.9 Å². The second-order valence-electron chi connectivity index (χ2n) is 3.16. The van der Waals surface area contributed by atoms with Gasteiger partial charge in [-0.15, -0.1) is 0 Å². The van der Waals surface area contributed by atoms with Crippen molar-refractivity contribution in [1.82, 2.24) is 0 Å². The Morgan fingerprint density at radius 1 is 1.43 bits per heavy atom. The maximum absolute atomic E-state index is 8.78. The zero-order valence-electron chi connectivity index (χ0n) is 9.25. The number of nitrogens with zero attached hydrogens (tertiary/aromatic N) is 2. The third kappa shape index (κ3) is 6.19. The molecule has 0 radical (unpaired) electrons. The third-order valence-electron chi connectivity index (χ3n) is 1.70. The van der Waals surface area contributed by atoms with Crippen LogP contribution in [0.3, 0.4) is 0 Å². The molecule has 2 nitrogen and oxygen atoms in total. The van der Waals surface area contributed by atoms with E-state index in [9.17, 15) is 0 Å². The highest BCUT2D eigenvalue weighted by Gasteiger charge is 1.92. The molecule has 0 saturated carbocycles. The zero-order valence-corrected chi connectivity index (χ0v) is 9.25. The van der Waals surface area contributed by atoms with Crippen LogP contribution in [0.5, 0.6) is 0 Å². The van der Waals surface area contributed by atoms with Crippen LogP contribution in [0.2, 0.25) is 0 Å². The van der Waals surface area contributed by atoms with E-state index in [2.05, 4.69) is 18.0 Å². The maximum atomic E-state index is 8.78. The molecule has 0 atom stereocenters. The molecule has 0 bridgehead atoms. The van der Waals surface area contributed by atoms with Crippen LogP contribution in [-0.2, 0) is 0 Å². The van der Waals surface area contributed by atoms with E-state index in [1.165, 1.54) is 5.57 Å². The molecular weight excluding hydrogens is 172 g/mol. The van der Waals surface area contributed by atoms with Crippen molar-refractivity contribution in [3.05, 3.63) is 23.9 Å². The molecule has 76 valence electrons. The molecule has 0 fully saturated rings. The van der Waals surface area contributed by atoms with E-state index in [1.54, 1.807) is 6.20 Å². The molecule has 0 rings (SSSR count). The lowest BCUT2D eigenvalue weighted by molar-refractivity contribution is 0.907. The molecule has 0 aliphatic rings. The van der Waals surface area contributed by atoms with Gasteiger partial charge in [0, 0.05) is 6.20 Å². The van der Waals surface area contributed by atoms with E-state index in [0.717, 1.165) is 19.3 Å². The molecule has 0 unspecified atom stereocenters. The highest BCUT2D eigenvalue weighted by molar-refractivity contribution is 6.07. The van der Waals surface area contributed by atoms with E-state index >= 15 is 0 Å². The van der Waals surface area contributed by atoms with Gasteiger partial charge < -0.3 is 0 Å². The Morgan fingerprint density at radius 3 is 2.64 bits per heavy atom. The first-order valence-corrected chi connectivity index (χ1v) is 5.04. The quantitative estimate of drug-likeness (QED) is 0.610. The summed E-state index contributed by atoms with van der Waals surface area (Å²) in [5, 5.41) is 8.78. The molecule has 0 N–H and O–H groups in total. The predicted molar refractivity (Wildman–Crippen MR) is 61.1 cm³/mol. The first kappa shape index (κ1) is 12.6. The molecule has 0 spiro atoms. The molecule has 0 aromatic heterocycles. The van der Waals surface area contributed by atoms with Crippen LogP contribution in [0, 0.1) is 11.3 Å². The predicted octanol–water partition coefficient (Wildman–Crippen LogP) is 3.62. The number of hydrogen-bond acceptors (Lipinski definition) is 2. The maximum Gasteiger partial charge on any atom is 0.140 e. The Bertz CT molecular complexity index is 277. The topological polar surface area (TPSA) is 36.1 Å². The lowest BCUT2D eigenvalue weighted by Gasteiger charge is -1.95. The van der Waals surface area contributed by atoms with Gasteiger partial charge in [0.25, 0.3) is 0 Å². The van der Waals surface area contributed by atoms with Gasteiger partial charge in [-0.2, -0.15) is 5.26 Å². The standard InChI is InChI=1S/C12H18N2/c1-4-6-8-14-12(10-13)9-11(3)7-5-2/h6,8-9H,4-5,7H2,1-3H3/b8-6+,11-9+,14-12-. The van der Waals surface area contributed by atoms with Crippen molar-refractivity contribution in [2.75, 3.05) is 0 Å². The summed E-state index contributed by atoms with van der Waals surface area (Å²) in [6.45, 7) is 6.19. The number of aliphatic imine (C=N–C) groups is 1. The van der Waals surface area contributed by atoms with Crippen LogP contribution in [-0.4, -0.2) is 5.71 Å². The lowest BCUT2D eigenvalue weighted by Crippen LogP contribution is -1.89. The van der Waals surface area contributed by atoms with E-state index < -0.39 is 0 Å². The van der Waals surface area contributed by atoms with Crippen LogP contribution in [0.4, 0.5) is 0 Å². The summed E-state index contributed by atoms with van der Waals surface area (Å²) < 4.78 is 0. The molecule has 0 aromatic rings. The Labute approximate surface area is 86.7 Å². The van der Waals surface area contributed by atoms with Gasteiger partial charge in [0.05, 0.1) is 0 Å². The Kier molecular flexibility index (Phi) is 7.45. The van der Waals surface area contributed by atoms with E-state index in [1.807, 2.05) is 26.0 Å². The van der Waals surface area contributed by atoms with Crippen LogP contribution in [0.25, 0.3) is 0 Å². The largest absolute Gasteiger partial charge is 0.246 e. The van der Waals surface area contributed by atoms with Crippen molar-refractivity contribution in [3.63, 3.8) is 0 Å². The molecule has 0 aliphatic carbocycles. The highest BCUT2D eigenvalue weighted by Crippen LogP contribution is 2.03. The minimum absolute atomic E-state index is 0.487. The minimum atomic E-state index is 0.487. The Hall–Kier alpha value is -1.36. The van der Waals surface area contributed by atoms with Gasteiger partial charge >= 0.3 is 0 Å². The number of allylic oxidation sites excluding steroid dienone is 3. The van der Waals surface area contributed by atoms with E-state index in [-0.39, 0.29) is 0 Å². The monoisotopic (exact) mass is 190 g/mol. The average Bonchev–Trinajstić information content (AvgIpc) is 2.17. The summed E-state index contributed by atoms with van der Waals surface area (Å²) in [7, 11) is 0. The number of hydrogen-bond donors (Lipinski definition) is 0. The van der Waals surface area contributed by atoms with Crippen LogP contribution < -0.4 is 0 Å². The summed E-state index contributed by atoms with van der Waals surface area (Å²) >= 11 is 0. The normalized spacial score (nSPS) is 13.3. The van der Waals surface area contributed by atoms with Gasteiger partial charge in [0.15, 0.2) is 0 Å². The first-order chi connectivity index (χ1) is 6.74. The van der Waals surface area contributed by atoms with Gasteiger partial charge in [0.2, 0.25) is 0 Å². The molecule has 0 saturated heterocycles. The second-order valence-corrected chi connectivity index (χ2v) is 3.16. The van der Waals surface area contributed by atoms with E-state index in [4.69, 9.17) is 5.26 Å².